The topological polar surface area (TPSA) is 116 Å². The van der Waals surface area contributed by atoms with Crippen LogP contribution in [0.1, 0.15) is 32.6 Å². The molecule has 26 heavy (non-hydrogen) atoms. The van der Waals surface area contributed by atoms with Gasteiger partial charge >= 0.3 is 5.97 Å². The molecule has 0 bridgehead atoms. The van der Waals surface area contributed by atoms with Gasteiger partial charge in [0.25, 0.3) is 11.8 Å². The first-order valence-corrected chi connectivity index (χ1v) is 9.29. The number of rotatable bonds is 5. The van der Waals surface area contributed by atoms with Gasteiger partial charge in [-0.05, 0) is 31.4 Å². The predicted molar refractivity (Wildman–Crippen MR) is 99.7 cm³/mol. The number of carbonyl (C=O) groups is 3. The van der Waals surface area contributed by atoms with Crippen molar-refractivity contribution in [3.63, 3.8) is 0 Å². The van der Waals surface area contributed by atoms with E-state index in [9.17, 15) is 14.4 Å². The number of ether oxygens (including phenoxy) is 1. The maximum absolute atomic E-state index is 12.3. The average molecular weight is 392 g/mol. The molecule has 3 heterocycles. The van der Waals surface area contributed by atoms with E-state index in [-0.39, 0.29) is 5.56 Å². The summed E-state index contributed by atoms with van der Waals surface area (Å²) in [6.45, 7) is 3.32. The molecule has 1 atom stereocenters. The predicted octanol–water partition coefficient (Wildman–Crippen LogP) is 2.29. The number of hydrogen-bond donors (Lipinski definition) is 2. The molecule has 0 aliphatic heterocycles. The summed E-state index contributed by atoms with van der Waals surface area (Å²) in [5, 5.41) is 9.68. The van der Waals surface area contributed by atoms with E-state index in [0.29, 0.717) is 9.88 Å². The number of aryl methyl sites for hydroxylation is 2. The monoisotopic (exact) mass is 392 g/mol. The van der Waals surface area contributed by atoms with E-state index >= 15 is 0 Å². The van der Waals surface area contributed by atoms with Gasteiger partial charge in [-0.1, -0.05) is 0 Å². The van der Waals surface area contributed by atoms with Gasteiger partial charge in [-0.3, -0.25) is 14.3 Å². The van der Waals surface area contributed by atoms with E-state index in [0.717, 1.165) is 15.9 Å². The SMILES string of the molecule is Cc1nn(C)c2sc(C(=O)O[C@H](C)C(=O)Nc3sccc3C(N)=O)cc12. The summed E-state index contributed by atoms with van der Waals surface area (Å²) < 4.78 is 6.94. The summed E-state index contributed by atoms with van der Waals surface area (Å²) in [7, 11) is 1.80. The van der Waals surface area contributed by atoms with Crippen molar-refractivity contribution >= 4 is 55.7 Å². The molecule has 2 amide bonds. The van der Waals surface area contributed by atoms with Crippen molar-refractivity contribution in [2.75, 3.05) is 5.32 Å². The summed E-state index contributed by atoms with van der Waals surface area (Å²) in [4.78, 5) is 37.1. The minimum atomic E-state index is -1.03. The van der Waals surface area contributed by atoms with Gasteiger partial charge in [0.15, 0.2) is 6.10 Å². The molecule has 8 nitrogen and oxygen atoms in total. The fraction of sp³-hybridized carbons (Fsp3) is 0.250. The van der Waals surface area contributed by atoms with Gasteiger partial charge in [-0.2, -0.15) is 5.10 Å². The van der Waals surface area contributed by atoms with Crippen LogP contribution in [0.2, 0.25) is 0 Å². The Hall–Kier alpha value is -2.72. The highest BCUT2D eigenvalue weighted by Crippen LogP contribution is 2.28. The number of anilines is 1. The number of aromatic nitrogens is 2. The van der Waals surface area contributed by atoms with Crippen LogP contribution in [0.4, 0.5) is 5.00 Å². The van der Waals surface area contributed by atoms with E-state index in [2.05, 4.69) is 10.4 Å². The Morgan fingerprint density at radius 3 is 2.77 bits per heavy atom. The molecule has 3 rings (SSSR count). The molecule has 136 valence electrons. The molecular weight excluding hydrogens is 376 g/mol. The first kappa shape index (κ1) is 18.1. The summed E-state index contributed by atoms with van der Waals surface area (Å²) in [6, 6.07) is 3.23. The van der Waals surface area contributed by atoms with Gasteiger partial charge in [0.05, 0.1) is 11.3 Å². The summed E-state index contributed by atoms with van der Waals surface area (Å²) >= 11 is 2.42. The number of nitrogens with two attached hydrogens (primary N) is 1. The molecule has 0 aromatic carbocycles. The molecule has 0 spiro atoms. The van der Waals surface area contributed by atoms with Gasteiger partial charge < -0.3 is 15.8 Å². The third-order valence-electron chi connectivity index (χ3n) is 3.72. The van der Waals surface area contributed by atoms with Gasteiger partial charge in [0.1, 0.15) is 14.7 Å². The van der Waals surface area contributed by atoms with Crippen LogP contribution in [0.5, 0.6) is 0 Å². The molecule has 3 aromatic rings. The Morgan fingerprint density at radius 2 is 2.12 bits per heavy atom. The Morgan fingerprint density at radius 1 is 1.38 bits per heavy atom. The third-order valence-corrected chi connectivity index (χ3v) is 5.73. The Bertz CT molecular complexity index is 982. The van der Waals surface area contributed by atoms with E-state index in [1.165, 1.54) is 35.7 Å². The van der Waals surface area contributed by atoms with Crippen LogP contribution < -0.4 is 11.1 Å². The molecule has 3 N–H and O–H groups in total. The molecular formula is C16H16N4O4S2. The van der Waals surface area contributed by atoms with Crippen molar-refractivity contribution < 1.29 is 19.1 Å². The quantitative estimate of drug-likeness (QED) is 0.646. The molecule has 0 saturated heterocycles. The lowest BCUT2D eigenvalue weighted by molar-refractivity contribution is -0.123. The summed E-state index contributed by atoms with van der Waals surface area (Å²) in [5.74, 6) is -1.77. The molecule has 0 aliphatic carbocycles. The fourth-order valence-corrected chi connectivity index (χ4v) is 4.19. The number of fused-ring (bicyclic) bond motifs is 1. The Kier molecular flexibility index (Phi) is 4.79. The van der Waals surface area contributed by atoms with Crippen molar-refractivity contribution in [3.05, 3.63) is 33.6 Å². The van der Waals surface area contributed by atoms with Crippen LogP contribution in [-0.4, -0.2) is 33.7 Å². The molecule has 10 heteroatoms. The molecule has 0 unspecified atom stereocenters. The van der Waals surface area contributed by atoms with Crippen molar-refractivity contribution in [1.82, 2.24) is 9.78 Å². The van der Waals surface area contributed by atoms with Gasteiger partial charge in [0, 0.05) is 12.4 Å². The highest BCUT2D eigenvalue weighted by Gasteiger charge is 2.23. The molecule has 0 aliphatic rings. The highest BCUT2D eigenvalue weighted by atomic mass is 32.1. The standard InChI is InChI=1S/C16H16N4O4S2/c1-7-10-6-11(26-15(10)20(3)19-7)16(23)24-8(2)13(22)18-14-9(12(17)21)4-5-25-14/h4-6,8H,1-3H3,(H2,17,21)(H,18,22)/t8-/m1/s1. The first-order valence-electron chi connectivity index (χ1n) is 7.60. The average Bonchev–Trinajstić information content (AvgIpc) is 3.25. The minimum Gasteiger partial charge on any atom is -0.448 e. The van der Waals surface area contributed by atoms with Crippen molar-refractivity contribution in [2.24, 2.45) is 12.8 Å². The lowest BCUT2D eigenvalue weighted by Crippen LogP contribution is -2.30. The number of amides is 2. The first-order chi connectivity index (χ1) is 12.3. The number of esters is 1. The van der Waals surface area contributed by atoms with Gasteiger partial charge in [-0.15, -0.1) is 22.7 Å². The fourth-order valence-electron chi connectivity index (χ4n) is 2.39. The number of primary amides is 1. The Labute approximate surface area is 156 Å². The van der Waals surface area contributed by atoms with Crippen molar-refractivity contribution in [1.29, 1.82) is 0 Å². The smallest absolute Gasteiger partial charge is 0.349 e. The lowest BCUT2D eigenvalue weighted by Gasteiger charge is -2.12. The second-order valence-electron chi connectivity index (χ2n) is 5.60. The zero-order chi connectivity index (χ0) is 19.0. The van der Waals surface area contributed by atoms with Crippen LogP contribution in [0, 0.1) is 6.92 Å². The normalized spacial score (nSPS) is 12.1. The van der Waals surface area contributed by atoms with Crippen molar-refractivity contribution in [2.45, 2.75) is 20.0 Å². The lowest BCUT2D eigenvalue weighted by atomic mass is 10.3. The van der Waals surface area contributed by atoms with Crippen LogP contribution >= 0.6 is 22.7 Å². The van der Waals surface area contributed by atoms with E-state index in [4.69, 9.17) is 10.5 Å². The van der Waals surface area contributed by atoms with E-state index in [1.807, 2.05) is 6.92 Å². The summed E-state index contributed by atoms with van der Waals surface area (Å²) in [6.07, 6.45) is -1.03. The van der Waals surface area contributed by atoms with E-state index in [1.54, 1.807) is 23.2 Å². The van der Waals surface area contributed by atoms with Crippen LogP contribution in [0.15, 0.2) is 17.5 Å². The number of nitrogens with one attached hydrogen (secondary N) is 1. The zero-order valence-corrected chi connectivity index (χ0v) is 15.9. The van der Waals surface area contributed by atoms with Crippen LogP contribution in [-0.2, 0) is 16.6 Å². The van der Waals surface area contributed by atoms with Crippen molar-refractivity contribution in [3.8, 4) is 0 Å². The zero-order valence-electron chi connectivity index (χ0n) is 14.2. The second kappa shape index (κ2) is 6.89. The van der Waals surface area contributed by atoms with Gasteiger partial charge in [-0.25, -0.2) is 4.79 Å². The maximum Gasteiger partial charge on any atom is 0.349 e. The third kappa shape index (κ3) is 3.33. The number of carbonyl (C=O) groups excluding carboxylic acids is 3. The maximum atomic E-state index is 12.3. The molecule has 0 fully saturated rings. The summed E-state index contributed by atoms with van der Waals surface area (Å²) in [5.41, 5.74) is 6.28. The van der Waals surface area contributed by atoms with Gasteiger partial charge in [0.2, 0.25) is 0 Å². The molecule has 3 aromatic heterocycles. The molecule has 0 saturated carbocycles. The molecule has 0 radical (unpaired) electrons. The van der Waals surface area contributed by atoms with E-state index < -0.39 is 23.9 Å². The number of hydrogen-bond acceptors (Lipinski definition) is 7. The Balaban J connectivity index is 1.69. The number of thiophene rings is 2. The second-order valence-corrected chi connectivity index (χ2v) is 7.55. The minimum absolute atomic E-state index is 0.217. The number of nitrogens with zero attached hydrogens (tertiary/aromatic N) is 2. The van der Waals surface area contributed by atoms with Crippen LogP contribution in [0.25, 0.3) is 10.2 Å². The highest BCUT2D eigenvalue weighted by molar-refractivity contribution is 7.20. The van der Waals surface area contributed by atoms with Crippen LogP contribution in [0.3, 0.4) is 0 Å². The largest absolute Gasteiger partial charge is 0.448 e.